The highest BCUT2D eigenvalue weighted by atomic mass is 31.2. The molecule has 0 bridgehead atoms. The van der Waals surface area contributed by atoms with Crippen LogP contribution >= 0.6 is 7.60 Å². The molecule has 2 N–H and O–H groups in total. The van der Waals surface area contributed by atoms with E-state index < -0.39 is 19.8 Å². The number of carbonyl (C=O) groups excluding carboxylic acids is 1. The van der Waals surface area contributed by atoms with Gasteiger partial charge in [-0.3, -0.25) is 4.79 Å². The van der Waals surface area contributed by atoms with Crippen molar-refractivity contribution in [3.63, 3.8) is 0 Å². The summed E-state index contributed by atoms with van der Waals surface area (Å²) in [5.41, 5.74) is 1.01. The molecule has 3 rings (SSSR count). The van der Waals surface area contributed by atoms with Crippen molar-refractivity contribution < 1.29 is 18.8 Å². The lowest BCUT2D eigenvalue weighted by molar-refractivity contribution is 0.0956. The van der Waals surface area contributed by atoms with Gasteiger partial charge in [-0.25, -0.2) is 14.5 Å². The van der Waals surface area contributed by atoms with Crippen LogP contribution < -0.4 is 9.84 Å². The van der Waals surface area contributed by atoms with Gasteiger partial charge in [0.15, 0.2) is 5.82 Å². The molecule has 0 aliphatic heterocycles. The topological polar surface area (TPSA) is 101 Å². The maximum Gasteiger partial charge on any atom is 0.395 e. The van der Waals surface area contributed by atoms with Crippen LogP contribution in [0.4, 0.5) is 0 Å². The summed E-state index contributed by atoms with van der Waals surface area (Å²) < 4.78 is 17.1. The summed E-state index contributed by atoms with van der Waals surface area (Å²) in [7, 11) is -4.02. The van der Waals surface area contributed by atoms with Gasteiger partial charge < -0.3 is 14.7 Å². The minimum absolute atomic E-state index is 0.185. The van der Waals surface area contributed by atoms with E-state index in [4.69, 9.17) is 4.52 Å². The molecule has 0 aliphatic rings. The third kappa shape index (κ3) is 4.75. The second-order valence-electron chi connectivity index (χ2n) is 5.37. The Morgan fingerprint density at radius 3 is 2.19 bits per heavy atom. The molecule has 1 aromatic heterocycles. The second-order valence-corrected chi connectivity index (χ2v) is 7.14. The second kappa shape index (κ2) is 7.91. The zero-order valence-corrected chi connectivity index (χ0v) is 14.5. The van der Waals surface area contributed by atoms with E-state index in [0.717, 1.165) is 5.56 Å². The van der Waals surface area contributed by atoms with Gasteiger partial charge >= 0.3 is 7.60 Å². The van der Waals surface area contributed by atoms with Crippen molar-refractivity contribution >= 4 is 13.5 Å². The number of amides is 1. The van der Waals surface area contributed by atoms with E-state index >= 15 is 0 Å². The number of hydrogen-bond acceptors (Lipinski definition) is 5. The molecule has 1 amide bonds. The first-order chi connectivity index (χ1) is 12.5. The SMILES string of the molecule is O=C(NCP(=O)(O)Oc1ccccc1)c1cnc(-c2ccccc2)nc1. The average molecular weight is 369 g/mol. The minimum atomic E-state index is -4.02. The highest BCUT2D eigenvalue weighted by Crippen LogP contribution is 2.41. The van der Waals surface area contributed by atoms with Crippen molar-refractivity contribution in [1.29, 1.82) is 0 Å². The molecule has 1 heterocycles. The van der Waals surface area contributed by atoms with Gasteiger partial charge in [-0.2, -0.15) is 0 Å². The number of carbonyl (C=O) groups is 1. The van der Waals surface area contributed by atoms with Crippen LogP contribution in [0.2, 0.25) is 0 Å². The standard InChI is InChI=1S/C18H16N3O4P/c22-18(21-13-26(23,24)25-16-9-5-2-6-10-16)15-11-19-17(20-12-15)14-7-3-1-4-8-14/h1-12H,13H2,(H,21,22)(H,23,24). The van der Waals surface area contributed by atoms with Gasteiger partial charge in [-0.05, 0) is 12.1 Å². The quantitative estimate of drug-likeness (QED) is 0.648. The van der Waals surface area contributed by atoms with E-state index in [1.54, 1.807) is 30.3 Å². The molecule has 0 aliphatic carbocycles. The molecule has 7 nitrogen and oxygen atoms in total. The maximum absolute atomic E-state index is 12.1. The maximum atomic E-state index is 12.1. The van der Waals surface area contributed by atoms with Crippen LogP contribution in [0.1, 0.15) is 10.4 Å². The minimum Gasteiger partial charge on any atom is -0.423 e. The number of para-hydroxylation sites is 1. The van der Waals surface area contributed by atoms with Crippen LogP contribution in [0.25, 0.3) is 11.4 Å². The lowest BCUT2D eigenvalue weighted by atomic mass is 10.2. The highest BCUT2D eigenvalue weighted by Gasteiger charge is 2.22. The summed E-state index contributed by atoms with van der Waals surface area (Å²) in [6.07, 6.45) is 2.21. The van der Waals surface area contributed by atoms with E-state index in [1.807, 2.05) is 30.3 Å². The van der Waals surface area contributed by atoms with Crippen LogP contribution in [0, 0.1) is 0 Å². The third-order valence-electron chi connectivity index (χ3n) is 3.38. The zero-order valence-electron chi connectivity index (χ0n) is 13.6. The summed E-state index contributed by atoms with van der Waals surface area (Å²) in [6, 6.07) is 17.6. The van der Waals surface area contributed by atoms with Crippen molar-refractivity contribution in [3.05, 3.63) is 78.6 Å². The molecule has 2 aromatic carbocycles. The first-order valence-corrected chi connectivity index (χ1v) is 9.52. The van der Waals surface area contributed by atoms with E-state index in [2.05, 4.69) is 15.3 Å². The van der Waals surface area contributed by atoms with E-state index in [1.165, 1.54) is 12.4 Å². The van der Waals surface area contributed by atoms with Gasteiger partial charge in [0, 0.05) is 18.0 Å². The molecule has 1 unspecified atom stereocenters. The summed E-state index contributed by atoms with van der Waals surface area (Å²) >= 11 is 0. The van der Waals surface area contributed by atoms with Crippen molar-refractivity contribution in [2.24, 2.45) is 0 Å². The van der Waals surface area contributed by atoms with Crippen LogP contribution in [-0.4, -0.2) is 27.1 Å². The Labute approximate surface area is 150 Å². The number of aromatic nitrogens is 2. The third-order valence-corrected chi connectivity index (χ3v) is 4.43. The number of nitrogens with one attached hydrogen (secondary N) is 1. The normalized spacial score (nSPS) is 12.8. The lowest BCUT2D eigenvalue weighted by Crippen LogP contribution is -2.25. The Bertz CT molecular complexity index is 918. The van der Waals surface area contributed by atoms with Gasteiger partial charge in [0.1, 0.15) is 12.0 Å². The van der Waals surface area contributed by atoms with Crippen molar-refractivity contribution in [2.45, 2.75) is 0 Å². The van der Waals surface area contributed by atoms with Crippen LogP contribution in [-0.2, 0) is 4.57 Å². The number of rotatable bonds is 6. The van der Waals surface area contributed by atoms with Gasteiger partial charge in [-0.1, -0.05) is 48.5 Å². The van der Waals surface area contributed by atoms with Crippen LogP contribution in [0.15, 0.2) is 73.1 Å². The molecule has 0 fully saturated rings. The smallest absolute Gasteiger partial charge is 0.395 e. The molecule has 8 heteroatoms. The number of benzene rings is 2. The van der Waals surface area contributed by atoms with Crippen LogP contribution in [0.5, 0.6) is 5.75 Å². The number of nitrogens with zero attached hydrogens (tertiary/aromatic N) is 2. The molecule has 3 aromatic rings. The monoisotopic (exact) mass is 369 g/mol. The first kappa shape index (κ1) is 17.8. The van der Waals surface area contributed by atoms with Crippen molar-refractivity contribution in [3.8, 4) is 17.1 Å². The summed E-state index contributed by atoms with van der Waals surface area (Å²) in [5, 5.41) is 2.36. The Balaban J connectivity index is 1.60. The largest absolute Gasteiger partial charge is 0.423 e. The Kier molecular flexibility index (Phi) is 5.41. The Hall–Kier alpha value is -3.02. The Morgan fingerprint density at radius 2 is 1.58 bits per heavy atom. The van der Waals surface area contributed by atoms with Gasteiger partial charge in [0.2, 0.25) is 0 Å². The molecule has 0 spiro atoms. The fourth-order valence-corrected chi connectivity index (χ4v) is 2.99. The van der Waals surface area contributed by atoms with E-state index in [0.29, 0.717) is 5.82 Å². The van der Waals surface area contributed by atoms with E-state index in [9.17, 15) is 14.3 Å². The van der Waals surface area contributed by atoms with Gasteiger partial charge in [0.05, 0.1) is 5.56 Å². The summed E-state index contributed by atoms with van der Waals surface area (Å²) in [6.45, 7) is 0. The average Bonchev–Trinajstić information content (AvgIpc) is 2.67. The van der Waals surface area contributed by atoms with Gasteiger partial charge in [-0.15, -0.1) is 0 Å². The lowest BCUT2D eigenvalue weighted by Gasteiger charge is -2.14. The molecular formula is C18H16N3O4P. The summed E-state index contributed by atoms with van der Waals surface area (Å²) in [5.74, 6) is 0.182. The molecule has 26 heavy (non-hydrogen) atoms. The van der Waals surface area contributed by atoms with Crippen molar-refractivity contribution in [1.82, 2.24) is 15.3 Å². The summed E-state index contributed by atoms with van der Waals surface area (Å²) in [4.78, 5) is 30.3. The predicted octanol–water partition coefficient (Wildman–Crippen LogP) is 3.10. The molecule has 0 radical (unpaired) electrons. The zero-order chi connectivity index (χ0) is 18.4. The fraction of sp³-hybridized carbons (Fsp3) is 0.0556. The van der Waals surface area contributed by atoms with Crippen LogP contribution in [0.3, 0.4) is 0 Å². The molecule has 132 valence electrons. The molecule has 0 saturated carbocycles. The predicted molar refractivity (Wildman–Crippen MR) is 96.7 cm³/mol. The molecule has 1 atom stereocenters. The fourth-order valence-electron chi connectivity index (χ4n) is 2.13. The van der Waals surface area contributed by atoms with E-state index in [-0.39, 0.29) is 11.3 Å². The Morgan fingerprint density at radius 1 is 1.00 bits per heavy atom. The highest BCUT2D eigenvalue weighted by molar-refractivity contribution is 7.53. The molecular weight excluding hydrogens is 353 g/mol. The van der Waals surface area contributed by atoms with Crippen molar-refractivity contribution in [2.75, 3.05) is 6.29 Å². The van der Waals surface area contributed by atoms with Gasteiger partial charge in [0.25, 0.3) is 5.91 Å². The first-order valence-electron chi connectivity index (χ1n) is 7.76. The molecule has 0 saturated heterocycles. The number of hydrogen-bond donors (Lipinski definition) is 2.